The van der Waals surface area contributed by atoms with Gasteiger partial charge in [-0.05, 0) is 51.5 Å². The minimum Gasteiger partial charge on any atom is -0.463 e. The lowest BCUT2D eigenvalue weighted by Crippen LogP contribution is -2.38. The van der Waals surface area contributed by atoms with Crippen LogP contribution in [0.15, 0.2) is 78.4 Å². The summed E-state index contributed by atoms with van der Waals surface area (Å²) in [6.45, 7) is 8.97. The number of allylic oxidation sites excluding steroid dienone is 1. The number of anilines is 1. The Morgan fingerprint density at radius 3 is 2.21 bits per heavy atom. The third-order valence-electron chi connectivity index (χ3n) is 4.36. The quantitative estimate of drug-likeness (QED) is 0.392. The summed E-state index contributed by atoms with van der Waals surface area (Å²) in [5.41, 5.74) is 2.13. The Morgan fingerprint density at radius 1 is 1.03 bits per heavy atom. The molecule has 2 aromatic rings. The molecule has 2 rings (SSSR count). The molecule has 29 heavy (non-hydrogen) atoms. The van der Waals surface area contributed by atoms with Crippen LogP contribution >= 0.6 is 0 Å². The van der Waals surface area contributed by atoms with Crippen LogP contribution in [-0.4, -0.2) is 24.4 Å². The molecule has 0 aromatic heterocycles. The smallest absolute Gasteiger partial charge is 0.334 e. The van der Waals surface area contributed by atoms with Crippen molar-refractivity contribution in [3.05, 3.63) is 89.5 Å². The lowest BCUT2D eigenvalue weighted by atomic mass is 10.0. The van der Waals surface area contributed by atoms with Gasteiger partial charge in [0, 0.05) is 16.7 Å². The molecule has 0 aliphatic carbocycles. The standard InChI is InChI=1S/C24H25NO4/c1-5-10-21(24(28)29-6-2)18(4)22(26)25(20-15-13-17(3)14-16-20)23(27)19-11-8-7-9-12-19/h5,7-9,11-16H,1,6,10H2,2-4H3/b21-18+. The highest BCUT2D eigenvalue weighted by molar-refractivity contribution is 6.26. The fourth-order valence-electron chi connectivity index (χ4n) is 2.78. The molecule has 0 fully saturated rings. The highest BCUT2D eigenvalue weighted by Gasteiger charge is 2.28. The first-order valence-corrected chi connectivity index (χ1v) is 9.39. The van der Waals surface area contributed by atoms with Crippen molar-refractivity contribution in [3.8, 4) is 0 Å². The van der Waals surface area contributed by atoms with Gasteiger partial charge in [-0.25, -0.2) is 9.69 Å². The van der Waals surface area contributed by atoms with Crippen molar-refractivity contribution in [2.24, 2.45) is 0 Å². The van der Waals surface area contributed by atoms with Gasteiger partial charge >= 0.3 is 5.97 Å². The van der Waals surface area contributed by atoms with Crippen molar-refractivity contribution in [1.29, 1.82) is 0 Å². The van der Waals surface area contributed by atoms with E-state index in [1.54, 1.807) is 49.4 Å². The van der Waals surface area contributed by atoms with Crippen molar-refractivity contribution in [3.63, 3.8) is 0 Å². The Kier molecular flexibility index (Phi) is 7.66. The maximum atomic E-state index is 13.4. The summed E-state index contributed by atoms with van der Waals surface area (Å²) < 4.78 is 5.07. The van der Waals surface area contributed by atoms with Crippen LogP contribution in [0.25, 0.3) is 0 Å². The van der Waals surface area contributed by atoms with Gasteiger partial charge in [0.1, 0.15) is 0 Å². The van der Waals surface area contributed by atoms with Crippen LogP contribution in [0.4, 0.5) is 5.69 Å². The Bertz CT molecular complexity index is 927. The molecule has 5 nitrogen and oxygen atoms in total. The minimum absolute atomic E-state index is 0.146. The number of ether oxygens (including phenoxy) is 1. The maximum absolute atomic E-state index is 13.4. The van der Waals surface area contributed by atoms with Crippen molar-refractivity contribution in [2.75, 3.05) is 11.5 Å². The normalized spacial score (nSPS) is 11.3. The SMILES string of the molecule is C=CC/C(C(=O)OCC)=C(/C)C(=O)N(C(=O)c1ccccc1)c1ccc(C)cc1. The van der Waals surface area contributed by atoms with E-state index < -0.39 is 17.8 Å². The predicted octanol–water partition coefficient (Wildman–Crippen LogP) is 4.62. The molecule has 0 spiro atoms. The van der Waals surface area contributed by atoms with E-state index in [1.165, 1.54) is 13.0 Å². The zero-order valence-electron chi connectivity index (χ0n) is 17.0. The van der Waals surface area contributed by atoms with Gasteiger partial charge in [0.2, 0.25) is 0 Å². The molecule has 2 aromatic carbocycles. The van der Waals surface area contributed by atoms with Crippen LogP contribution in [0.3, 0.4) is 0 Å². The summed E-state index contributed by atoms with van der Waals surface area (Å²) in [4.78, 5) is 40.0. The molecule has 0 atom stereocenters. The topological polar surface area (TPSA) is 63.7 Å². The van der Waals surface area contributed by atoms with Gasteiger partial charge in [-0.15, -0.1) is 6.58 Å². The Labute approximate surface area is 171 Å². The van der Waals surface area contributed by atoms with Gasteiger partial charge in [0.15, 0.2) is 0 Å². The Balaban J connectivity index is 2.57. The number of hydrogen-bond acceptors (Lipinski definition) is 4. The van der Waals surface area contributed by atoms with Crippen molar-refractivity contribution in [1.82, 2.24) is 0 Å². The number of aryl methyl sites for hydroxylation is 1. The third kappa shape index (κ3) is 5.29. The van der Waals surface area contributed by atoms with Crippen LogP contribution in [-0.2, 0) is 14.3 Å². The van der Waals surface area contributed by atoms with E-state index in [1.807, 2.05) is 19.1 Å². The van der Waals surface area contributed by atoms with Gasteiger partial charge in [0.05, 0.1) is 12.3 Å². The van der Waals surface area contributed by atoms with E-state index in [-0.39, 0.29) is 24.2 Å². The van der Waals surface area contributed by atoms with E-state index in [0.717, 1.165) is 10.5 Å². The second-order valence-corrected chi connectivity index (χ2v) is 6.46. The lowest BCUT2D eigenvalue weighted by molar-refractivity contribution is -0.138. The van der Waals surface area contributed by atoms with E-state index in [4.69, 9.17) is 4.74 Å². The highest BCUT2D eigenvalue weighted by atomic mass is 16.5. The molecule has 5 heteroatoms. The fourth-order valence-corrected chi connectivity index (χ4v) is 2.78. The van der Waals surface area contributed by atoms with Gasteiger partial charge in [-0.3, -0.25) is 9.59 Å². The summed E-state index contributed by atoms with van der Waals surface area (Å²) in [6.07, 6.45) is 1.69. The van der Waals surface area contributed by atoms with Crippen LogP contribution in [0.2, 0.25) is 0 Å². The van der Waals surface area contributed by atoms with E-state index >= 15 is 0 Å². The molecule has 0 radical (unpaired) electrons. The van der Waals surface area contributed by atoms with Crippen LogP contribution < -0.4 is 4.90 Å². The monoisotopic (exact) mass is 391 g/mol. The first-order chi connectivity index (χ1) is 13.9. The van der Waals surface area contributed by atoms with Crippen LogP contribution in [0, 0.1) is 6.92 Å². The lowest BCUT2D eigenvalue weighted by Gasteiger charge is -2.23. The molecule has 150 valence electrons. The molecule has 0 saturated carbocycles. The first kappa shape index (κ1) is 21.8. The second kappa shape index (κ2) is 10.2. The number of rotatable bonds is 7. The van der Waals surface area contributed by atoms with Crippen molar-refractivity contribution >= 4 is 23.5 Å². The Hall–Kier alpha value is -3.47. The number of imide groups is 1. The second-order valence-electron chi connectivity index (χ2n) is 6.46. The number of amides is 2. The first-order valence-electron chi connectivity index (χ1n) is 9.39. The van der Waals surface area contributed by atoms with E-state index in [2.05, 4.69) is 6.58 Å². The zero-order chi connectivity index (χ0) is 21.4. The molecule has 0 saturated heterocycles. The summed E-state index contributed by atoms with van der Waals surface area (Å²) in [6, 6.07) is 15.6. The molecule has 0 aliphatic rings. The largest absolute Gasteiger partial charge is 0.463 e. The van der Waals surface area contributed by atoms with Crippen molar-refractivity contribution in [2.45, 2.75) is 27.2 Å². The van der Waals surface area contributed by atoms with Gasteiger partial charge in [-0.2, -0.15) is 0 Å². The number of benzene rings is 2. The molecule has 0 aliphatic heterocycles. The van der Waals surface area contributed by atoms with E-state index in [9.17, 15) is 14.4 Å². The molecule has 0 N–H and O–H groups in total. The highest BCUT2D eigenvalue weighted by Crippen LogP contribution is 2.23. The molecule has 2 amide bonds. The fraction of sp³-hybridized carbons (Fsp3) is 0.208. The third-order valence-corrected chi connectivity index (χ3v) is 4.36. The summed E-state index contributed by atoms with van der Waals surface area (Å²) in [7, 11) is 0. The molecule has 0 unspecified atom stereocenters. The number of nitrogens with zero attached hydrogens (tertiary/aromatic N) is 1. The molecular formula is C24H25NO4. The number of hydrogen-bond donors (Lipinski definition) is 0. The molecule has 0 heterocycles. The van der Waals surface area contributed by atoms with Crippen molar-refractivity contribution < 1.29 is 19.1 Å². The number of carbonyl (C=O) groups is 3. The predicted molar refractivity (Wildman–Crippen MR) is 114 cm³/mol. The molecule has 0 bridgehead atoms. The summed E-state index contributed by atoms with van der Waals surface area (Å²) in [5.74, 6) is -1.64. The number of carbonyl (C=O) groups excluding carboxylic acids is 3. The molecular weight excluding hydrogens is 366 g/mol. The van der Waals surface area contributed by atoms with Gasteiger partial charge in [0.25, 0.3) is 11.8 Å². The van der Waals surface area contributed by atoms with Crippen LogP contribution in [0.5, 0.6) is 0 Å². The summed E-state index contributed by atoms with van der Waals surface area (Å²) >= 11 is 0. The van der Waals surface area contributed by atoms with E-state index in [0.29, 0.717) is 11.3 Å². The van der Waals surface area contributed by atoms with Crippen LogP contribution in [0.1, 0.15) is 36.2 Å². The Morgan fingerprint density at radius 2 is 1.66 bits per heavy atom. The van der Waals surface area contributed by atoms with Gasteiger partial charge < -0.3 is 4.74 Å². The zero-order valence-corrected chi connectivity index (χ0v) is 17.0. The maximum Gasteiger partial charge on any atom is 0.334 e. The average molecular weight is 391 g/mol. The average Bonchev–Trinajstić information content (AvgIpc) is 2.73. The summed E-state index contributed by atoms with van der Waals surface area (Å²) in [5, 5.41) is 0. The van der Waals surface area contributed by atoms with Gasteiger partial charge in [-0.1, -0.05) is 42.0 Å². The number of esters is 1. The minimum atomic E-state index is -0.589.